The Bertz CT molecular complexity index is 521. The van der Waals surface area contributed by atoms with Gasteiger partial charge in [-0.1, -0.05) is 12.8 Å². The summed E-state index contributed by atoms with van der Waals surface area (Å²) in [5.41, 5.74) is 2.45. The summed E-state index contributed by atoms with van der Waals surface area (Å²) in [6.07, 6.45) is 6.10. The molecule has 0 amide bonds. The average Bonchev–Trinajstić information content (AvgIpc) is 2.90. The summed E-state index contributed by atoms with van der Waals surface area (Å²) < 4.78 is 0. The molecule has 0 radical (unpaired) electrons. The van der Waals surface area contributed by atoms with Crippen LogP contribution in [0.5, 0.6) is 0 Å². The molecule has 2 fully saturated rings. The molecule has 7 heteroatoms. The third kappa shape index (κ3) is 2.29. The minimum absolute atomic E-state index is 0.0298. The van der Waals surface area contributed by atoms with Crippen LogP contribution in [0.2, 0.25) is 0 Å². The molecule has 1 aliphatic heterocycles. The van der Waals surface area contributed by atoms with Gasteiger partial charge < -0.3 is 10.3 Å². The molecular formula is C13H19N5O2. The van der Waals surface area contributed by atoms with Gasteiger partial charge in [0.1, 0.15) is 11.6 Å². The second-order valence-corrected chi connectivity index (χ2v) is 5.56. The highest BCUT2D eigenvalue weighted by Gasteiger charge is 2.36. The lowest BCUT2D eigenvalue weighted by atomic mass is 9.85. The Morgan fingerprint density at radius 2 is 2.15 bits per heavy atom. The van der Waals surface area contributed by atoms with Gasteiger partial charge in [-0.3, -0.25) is 10.1 Å². The lowest BCUT2D eigenvalue weighted by Crippen LogP contribution is -2.35. The molecule has 7 nitrogen and oxygen atoms in total. The molecule has 1 aliphatic carbocycles. The molecule has 3 rings (SSSR count). The minimum Gasteiger partial charge on any atom is -0.353 e. The van der Waals surface area contributed by atoms with E-state index < -0.39 is 4.92 Å². The Kier molecular flexibility index (Phi) is 3.43. The molecule has 2 atom stereocenters. The number of nitrogens with one attached hydrogen (secondary N) is 1. The summed E-state index contributed by atoms with van der Waals surface area (Å²) in [7, 11) is 0. The lowest BCUT2D eigenvalue weighted by Gasteiger charge is -2.32. The standard InChI is InChI=1S/C13H19N5O2/c14-16-12-7-10(18(19)20)8-13(15-12)17-6-5-9-3-1-2-4-11(9)17/h7-9,11H,1-6,14H2,(H,15,16). The quantitative estimate of drug-likeness (QED) is 0.498. The van der Waals surface area contributed by atoms with E-state index in [-0.39, 0.29) is 5.69 Å². The number of pyridine rings is 1. The van der Waals surface area contributed by atoms with Crippen LogP contribution in [-0.2, 0) is 0 Å². The molecule has 2 heterocycles. The molecule has 1 saturated carbocycles. The smallest absolute Gasteiger partial charge is 0.276 e. The van der Waals surface area contributed by atoms with Crippen LogP contribution in [0.1, 0.15) is 32.1 Å². The fraction of sp³-hybridized carbons (Fsp3) is 0.615. The van der Waals surface area contributed by atoms with Crippen molar-refractivity contribution in [1.29, 1.82) is 0 Å². The second kappa shape index (κ2) is 5.24. The number of aromatic nitrogens is 1. The first-order chi connectivity index (χ1) is 9.69. The third-order valence-corrected chi connectivity index (χ3v) is 4.46. The molecule has 0 aromatic carbocycles. The summed E-state index contributed by atoms with van der Waals surface area (Å²) >= 11 is 0. The summed E-state index contributed by atoms with van der Waals surface area (Å²) in [6, 6.07) is 3.39. The highest BCUT2D eigenvalue weighted by atomic mass is 16.6. The summed E-state index contributed by atoms with van der Waals surface area (Å²) in [5.74, 6) is 7.08. The van der Waals surface area contributed by atoms with Gasteiger partial charge in [0.25, 0.3) is 5.69 Å². The lowest BCUT2D eigenvalue weighted by molar-refractivity contribution is -0.384. The van der Waals surface area contributed by atoms with Crippen molar-refractivity contribution in [2.75, 3.05) is 16.9 Å². The van der Waals surface area contributed by atoms with Gasteiger partial charge in [-0.25, -0.2) is 10.8 Å². The largest absolute Gasteiger partial charge is 0.353 e. The maximum Gasteiger partial charge on any atom is 0.276 e. The van der Waals surface area contributed by atoms with Crippen molar-refractivity contribution in [1.82, 2.24) is 4.98 Å². The van der Waals surface area contributed by atoms with Crippen molar-refractivity contribution in [3.8, 4) is 0 Å². The number of fused-ring (bicyclic) bond motifs is 1. The minimum atomic E-state index is -0.402. The van der Waals surface area contributed by atoms with Crippen molar-refractivity contribution < 1.29 is 4.92 Å². The number of hydrazine groups is 1. The molecule has 0 bridgehead atoms. The van der Waals surface area contributed by atoms with Gasteiger partial charge in [-0.15, -0.1) is 0 Å². The zero-order valence-electron chi connectivity index (χ0n) is 11.3. The van der Waals surface area contributed by atoms with E-state index in [2.05, 4.69) is 15.3 Å². The van der Waals surface area contributed by atoms with E-state index >= 15 is 0 Å². The Labute approximate surface area is 117 Å². The van der Waals surface area contributed by atoms with Gasteiger partial charge in [0.15, 0.2) is 0 Å². The molecular weight excluding hydrogens is 258 g/mol. The average molecular weight is 277 g/mol. The van der Waals surface area contributed by atoms with E-state index in [9.17, 15) is 10.1 Å². The van der Waals surface area contributed by atoms with E-state index in [1.54, 1.807) is 6.07 Å². The second-order valence-electron chi connectivity index (χ2n) is 5.56. The predicted octanol–water partition coefficient (Wildman–Crippen LogP) is 2.04. The third-order valence-electron chi connectivity index (χ3n) is 4.46. The molecule has 2 aliphatic rings. The number of hydrogen-bond acceptors (Lipinski definition) is 6. The van der Waals surface area contributed by atoms with Gasteiger partial charge in [0, 0.05) is 12.6 Å². The zero-order chi connectivity index (χ0) is 14.1. The molecule has 3 N–H and O–H groups in total. The van der Waals surface area contributed by atoms with E-state index in [0.29, 0.717) is 23.6 Å². The van der Waals surface area contributed by atoms with Gasteiger partial charge in [-0.05, 0) is 25.2 Å². The Balaban J connectivity index is 1.93. The number of hydrogen-bond donors (Lipinski definition) is 2. The van der Waals surface area contributed by atoms with Crippen molar-refractivity contribution in [3.63, 3.8) is 0 Å². The first-order valence-electron chi connectivity index (χ1n) is 7.09. The summed E-state index contributed by atoms with van der Waals surface area (Å²) in [6.45, 7) is 0.924. The van der Waals surface area contributed by atoms with Crippen molar-refractivity contribution >= 4 is 17.3 Å². The van der Waals surface area contributed by atoms with Crippen molar-refractivity contribution in [2.24, 2.45) is 11.8 Å². The first kappa shape index (κ1) is 13.1. The maximum atomic E-state index is 11.0. The molecule has 20 heavy (non-hydrogen) atoms. The van der Waals surface area contributed by atoms with Crippen LogP contribution < -0.4 is 16.2 Å². The fourth-order valence-corrected chi connectivity index (χ4v) is 3.52. The zero-order valence-corrected chi connectivity index (χ0v) is 11.3. The van der Waals surface area contributed by atoms with Crippen LogP contribution in [0.4, 0.5) is 17.3 Å². The highest BCUT2D eigenvalue weighted by Crippen LogP contribution is 2.39. The number of rotatable bonds is 3. The topological polar surface area (TPSA) is 97.3 Å². The molecule has 1 aromatic rings. The van der Waals surface area contributed by atoms with Crippen molar-refractivity contribution in [3.05, 3.63) is 22.2 Å². The molecule has 2 unspecified atom stereocenters. The van der Waals surface area contributed by atoms with Crippen LogP contribution in [0.3, 0.4) is 0 Å². The van der Waals surface area contributed by atoms with Crippen molar-refractivity contribution in [2.45, 2.75) is 38.1 Å². The maximum absolute atomic E-state index is 11.0. The SMILES string of the molecule is NNc1cc([N+](=O)[O-])cc(N2CCC3CCCCC32)n1. The molecule has 1 aromatic heterocycles. The van der Waals surface area contributed by atoms with Crippen LogP contribution in [0, 0.1) is 16.0 Å². The Hall–Kier alpha value is -1.89. The van der Waals surface area contributed by atoms with E-state index in [0.717, 1.165) is 19.4 Å². The highest BCUT2D eigenvalue weighted by molar-refractivity contribution is 5.56. The summed E-state index contributed by atoms with van der Waals surface area (Å²) in [4.78, 5) is 17.2. The Morgan fingerprint density at radius 1 is 1.35 bits per heavy atom. The number of nitrogens with two attached hydrogens (primary N) is 1. The van der Waals surface area contributed by atoms with Crippen LogP contribution in [0.25, 0.3) is 0 Å². The normalized spacial score (nSPS) is 25.4. The first-order valence-corrected chi connectivity index (χ1v) is 7.09. The van der Waals surface area contributed by atoms with Gasteiger partial charge in [0.2, 0.25) is 0 Å². The summed E-state index contributed by atoms with van der Waals surface area (Å²) in [5, 5.41) is 11.0. The number of anilines is 2. The number of nitro groups is 1. The van der Waals surface area contributed by atoms with E-state index in [1.165, 1.54) is 25.3 Å². The van der Waals surface area contributed by atoms with Gasteiger partial charge >= 0.3 is 0 Å². The number of nitrogen functional groups attached to an aromatic ring is 1. The fourth-order valence-electron chi connectivity index (χ4n) is 3.52. The molecule has 1 saturated heterocycles. The van der Waals surface area contributed by atoms with Gasteiger partial charge in [0.05, 0.1) is 17.1 Å². The van der Waals surface area contributed by atoms with Crippen LogP contribution in [0.15, 0.2) is 12.1 Å². The number of nitrogens with zero attached hydrogens (tertiary/aromatic N) is 3. The van der Waals surface area contributed by atoms with Crippen LogP contribution in [-0.4, -0.2) is 22.5 Å². The van der Waals surface area contributed by atoms with E-state index in [1.807, 2.05) is 0 Å². The molecule has 108 valence electrons. The van der Waals surface area contributed by atoms with E-state index in [4.69, 9.17) is 5.84 Å². The monoisotopic (exact) mass is 277 g/mol. The van der Waals surface area contributed by atoms with Crippen LogP contribution >= 0.6 is 0 Å². The van der Waals surface area contributed by atoms with Gasteiger partial charge in [-0.2, -0.15) is 0 Å². The molecule has 0 spiro atoms. The Morgan fingerprint density at radius 3 is 2.90 bits per heavy atom. The predicted molar refractivity (Wildman–Crippen MR) is 76.4 cm³/mol.